The summed E-state index contributed by atoms with van der Waals surface area (Å²) < 4.78 is 6.55. The zero-order valence-corrected chi connectivity index (χ0v) is 20.4. The number of thioether (sulfide) groups is 1. The zero-order valence-electron chi connectivity index (χ0n) is 18.0. The third kappa shape index (κ3) is 5.46. The molecule has 0 spiro atoms. The van der Waals surface area contributed by atoms with Crippen molar-refractivity contribution in [1.29, 1.82) is 0 Å². The maximum absolute atomic E-state index is 13.4. The van der Waals surface area contributed by atoms with Crippen molar-refractivity contribution in [3.63, 3.8) is 0 Å². The van der Waals surface area contributed by atoms with Gasteiger partial charge in [-0.15, -0.1) is 24.2 Å². The Kier molecular flexibility index (Phi) is 8.97. The first-order valence-electron chi connectivity index (χ1n) is 9.49. The monoisotopic (exact) mass is 465 g/mol. The molecule has 2 aromatic carbocycles. The Labute approximate surface area is 192 Å². The molecule has 0 bridgehead atoms. The molecule has 0 N–H and O–H groups in total. The number of thiazole rings is 1. The van der Waals surface area contributed by atoms with E-state index in [9.17, 15) is 4.79 Å². The SMILES string of the molecule is COc1ccc(C)c2sc(N(CCCN(C)C)C(=O)c3ccc(SC)cc3)nc12.Cl. The van der Waals surface area contributed by atoms with Crippen LogP contribution in [0.3, 0.4) is 0 Å². The molecule has 3 rings (SSSR count). The van der Waals surface area contributed by atoms with E-state index >= 15 is 0 Å². The Bertz CT molecular complexity index is 990. The van der Waals surface area contributed by atoms with Crippen molar-refractivity contribution in [3.05, 3.63) is 47.5 Å². The van der Waals surface area contributed by atoms with Crippen LogP contribution in [0.25, 0.3) is 10.2 Å². The van der Waals surface area contributed by atoms with Gasteiger partial charge in [0, 0.05) is 17.0 Å². The van der Waals surface area contributed by atoms with Crippen LogP contribution in [0.1, 0.15) is 22.3 Å². The van der Waals surface area contributed by atoms with Gasteiger partial charge in [0.2, 0.25) is 0 Å². The second-order valence-corrected chi connectivity index (χ2v) is 8.96. The van der Waals surface area contributed by atoms with E-state index in [4.69, 9.17) is 9.72 Å². The van der Waals surface area contributed by atoms with E-state index in [2.05, 4.69) is 11.8 Å². The summed E-state index contributed by atoms with van der Waals surface area (Å²) in [7, 11) is 5.73. The number of carbonyl (C=O) groups excluding carboxylic acids is 1. The first kappa shape index (κ1) is 24.5. The fourth-order valence-electron chi connectivity index (χ4n) is 3.10. The number of benzene rings is 2. The Morgan fingerprint density at radius 1 is 1.13 bits per heavy atom. The highest BCUT2D eigenvalue weighted by Gasteiger charge is 2.22. The van der Waals surface area contributed by atoms with Crippen LogP contribution in [0.15, 0.2) is 41.3 Å². The lowest BCUT2D eigenvalue weighted by atomic mass is 10.2. The van der Waals surface area contributed by atoms with Crippen molar-refractivity contribution >= 4 is 56.8 Å². The van der Waals surface area contributed by atoms with Crippen molar-refractivity contribution in [2.24, 2.45) is 0 Å². The normalized spacial score (nSPS) is 10.9. The predicted molar refractivity (Wildman–Crippen MR) is 131 cm³/mol. The average molecular weight is 466 g/mol. The number of fused-ring (bicyclic) bond motifs is 1. The van der Waals surface area contributed by atoms with Gasteiger partial charge in [0.25, 0.3) is 5.91 Å². The molecule has 0 saturated carbocycles. The number of ether oxygens (including phenoxy) is 1. The number of hydrogen-bond donors (Lipinski definition) is 0. The van der Waals surface area contributed by atoms with Gasteiger partial charge in [0.1, 0.15) is 11.3 Å². The molecule has 1 heterocycles. The lowest BCUT2D eigenvalue weighted by Gasteiger charge is -2.21. The summed E-state index contributed by atoms with van der Waals surface area (Å²) >= 11 is 3.21. The minimum atomic E-state index is -0.0212. The first-order valence-corrected chi connectivity index (χ1v) is 11.5. The topological polar surface area (TPSA) is 45.7 Å². The number of anilines is 1. The highest BCUT2D eigenvalue weighted by molar-refractivity contribution is 7.98. The Hall–Kier alpha value is -1.80. The predicted octanol–water partition coefficient (Wildman–Crippen LogP) is 5.36. The summed E-state index contributed by atoms with van der Waals surface area (Å²) in [5.74, 6) is 0.713. The summed E-state index contributed by atoms with van der Waals surface area (Å²) in [6.07, 6.45) is 2.90. The molecule has 1 amide bonds. The molecule has 162 valence electrons. The number of aromatic nitrogens is 1. The molecular weight excluding hydrogens is 438 g/mol. The maximum Gasteiger partial charge on any atom is 0.260 e. The smallest absolute Gasteiger partial charge is 0.260 e. The summed E-state index contributed by atoms with van der Waals surface area (Å²) in [4.78, 5) is 23.3. The molecule has 0 saturated heterocycles. The van der Waals surface area contributed by atoms with E-state index in [0.717, 1.165) is 39.4 Å². The van der Waals surface area contributed by atoms with Crippen LogP contribution in [0.2, 0.25) is 0 Å². The van der Waals surface area contributed by atoms with Crippen molar-refractivity contribution in [1.82, 2.24) is 9.88 Å². The Morgan fingerprint density at radius 2 is 1.83 bits per heavy atom. The lowest BCUT2D eigenvalue weighted by Crippen LogP contribution is -2.33. The van der Waals surface area contributed by atoms with Crippen molar-refractivity contribution in [2.75, 3.05) is 45.5 Å². The number of halogens is 1. The van der Waals surface area contributed by atoms with Gasteiger partial charge < -0.3 is 9.64 Å². The van der Waals surface area contributed by atoms with Crippen LogP contribution in [0.4, 0.5) is 5.13 Å². The molecule has 1 aromatic heterocycles. The van der Waals surface area contributed by atoms with Crippen molar-refractivity contribution < 1.29 is 9.53 Å². The highest BCUT2D eigenvalue weighted by Crippen LogP contribution is 2.37. The molecule has 0 unspecified atom stereocenters. The van der Waals surface area contributed by atoms with Crippen LogP contribution in [0, 0.1) is 6.92 Å². The molecule has 8 heteroatoms. The lowest BCUT2D eigenvalue weighted by molar-refractivity contribution is 0.0986. The summed E-state index contributed by atoms with van der Waals surface area (Å²) in [5.41, 5.74) is 2.63. The molecule has 0 atom stereocenters. The third-order valence-electron chi connectivity index (χ3n) is 4.71. The highest BCUT2D eigenvalue weighted by atomic mass is 35.5. The minimum absolute atomic E-state index is 0. The van der Waals surface area contributed by atoms with Gasteiger partial charge in [0.05, 0.1) is 11.8 Å². The molecule has 3 aromatic rings. The van der Waals surface area contributed by atoms with E-state index in [0.29, 0.717) is 17.2 Å². The molecule has 0 fully saturated rings. The molecule has 30 heavy (non-hydrogen) atoms. The second kappa shape index (κ2) is 11.0. The van der Waals surface area contributed by atoms with Gasteiger partial charge in [-0.2, -0.15) is 0 Å². The number of hydrogen-bond acceptors (Lipinski definition) is 6. The van der Waals surface area contributed by atoms with Crippen molar-refractivity contribution in [3.8, 4) is 5.75 Å². The minimum Gasteiger partial charge on any atom is -0.494 e. The van der Waals surface area contributed by atoms with E-state index < -0.39 is 0 Å². The number of nitrogens with zero attached hydrogens (tertiary/aromatic N) is 3. The van der Waals surface area contributed by atoms with Crippen LogP contribution in [0.5, 0.6) is 5.75 Å². The molecule has 5 nitrogen and oxygen atoms in total. The molecule has 0 aliphatic carbocycles. The van der Waals surface area contributed by atoms with Gasteiger partial charge in [-0.25, -0.2) is 4.98 Å². The summed E-state index contributed by atoms with van der Waals surface area (Å²) in [6, 6.07) is 11.7. The summed E-state index contributed by atoms with van der Waals surface area (Å²) in [5, 5.41) is 0.713. The van der Waals surface area contributed by atoms with E-state index in [-0.39, 0.29) is 18.3 Å². The van der Waals surface area contributed by atoms with Gasteiger partial charge in [0.15, 0.2) is 5.13 Å². The molecule has 0 aliphatic heterocycles. The second-order valence-electron chi connectivity index (χ2n) is 7.10. The number of amides is 1. The molecule has 0 radical (unpaired) electrons. The van der Waals surface area contributed by atoms with E-state index in [1.165, 1.54) is 0 Å². The fourth-order valence-corrected chi connectivity index (χ4v) is 4.58. The van der Waals surface area contributed by atoms with Gasteiger partial charge in [-0.3, -0.25) is 9.69 Å². The van der Waals surface area contributed by atoms with Crippen molar-refractivity contribution in [2.45, 2.75) is 18.2 Å². The van der Waals surface area contributed by atoms with Gasteiger partial charge >= 0.3 is 0 Å². The van der Waals surface area contributed by atoms with Gasteiger partial charge in [-0.05, 0) is 76.1 Å². The van der Waals surface area contributed by atoms with Crippen LogP contribution < -0.4 is 9.64 Å². The fraction of sp³-hybridized carbons (Fsp3) is 0.364. The molecular formula is C22H28ClN3O2S2. The van der Waals surface area contributed by atoms with Crippen LogP contribution >= 0.6 is 35.5 Å². The van der Waals surface area contributed by atoms with Crippen LogP contribution in [-0.2, 0) is 0 Å². The molecule has 0 aliphatic rings. The Morgan fingerprint density at radius 3 is 2.43 bits per heavy atom. The van der Waals surface area contributed by atoms with Crippen LogP contribution in [-0.4, -0.2) is 56.3 Å². The average Bonchev–Trinajstić information content (AvgIpc) is 3.17. The standard InChI is InChI=1S/C22H27N3O2S2.ClH/c1-15-7-12-18(27-4)19-20(15)29-22(23-19)25(14-6-13-24(2)3)21(26)16-8-10-17(28-5)11-9-16;/h7-12H,6,13-14H2,1-5H3;1H. The van der Waals surface area contributed by atoms with E-state index in [1.807, 2.05) is 56.7 Å². The Balaban J connectivity index is 0.00000320. The quantitative estimate of drug-likeness (QED) is 0.419. The third-order valence-corrected chi connectivity index (χ3v) is 6.67. The zero-order chi connectivity index (χ0) is 21.0. The first-order chi connectivity index (χ1) is 13.9. The number of rotatable bonds is 8. The largest absolute Gasteiger partial charge is 0.494 e. The number of methoxy groups -OCH3 is 1. The number of aryl methyl sites for hydroxylation is 1. The van der Waals surface area contributed by atoms with Gasteiger partial charge in [-0.1, -0.05) is 17.4 Å². The summed E-state index contributed by atoms with van der Waals surface area (Å²) in [6.45, 7) is 3.58. The number of carbonyl (C=O) groups is 1. The van der Waals surface area contributed by atoms with E-state index in [1.54, 1.807) is 35.1 Å². The maximum atomic E-state index is 13.4.